The van der Waals surface area contributed by atoms with Crippen molar-refractivity contribution in [3.8, 4) is 0 Å². The largest absolute Gasteiger partial charge is 0.381 e. The molecule has 2 heterocycles. The Bertz CT molecular complexity index is 575. The molecule has 1 aliphatic heterocycles. The Labute approximate surface area is 125 Å². The third-order valence-electron chi connectivity index (χ3n) is 4.52. The van der Waals surface area contributed by atoms with Crippen molar-refractivity contribution in [3.05, 3.63) is 47.8 Å². The lowest BCUT2D eigenvalue weighted by atomic mass is 9.68. The first-order valence-electron chi connectivity index (χ1n) is 7.45. The maximum absolute atomic E-state index is 6.62. The summed E-state index contributed by atoms with van der Waals surface area (Å²) >= 11 is 0. The molecule has 1 aromatic carbocycles. The van der Waals surface area contributed by atoms with Crippen LogP contribution in [-0.4, -0.2) is 34.2 Å². The number of rotatable bonds is 4. The average Bonchev–Trinajstić information content (AvgIpc) is 2.94. The first-order chi connectivity index (χ1) is 10.2. The molecule has 1 fully saturated rings. The summed E-state index contributed by atoms with van der Waals surface area (Å²) in [4.78, 5) is 0. The minimum absolute atomic E-state index is 0.0144. The van der Waals surface area contributed by atoms with E-state index < -0.39 is 0 Å². The maximum Gasteiger partial charge on any atom is 0.0842 e. The Morgan fingerprint density at radius 1 is 1.29 bits per heavy atom. The van der Waals surface area contributed by atoms with E-state index in [-0.39, 0.29) is 11.5 Å². The second-order valence-electron chi connectivity index (χ2n) is 5.83. The van der Waals surface area contributed by atoms with Crippen molar-refractivity contribution in [2.45, 2.75) is 30.7 Å². The van der Waals surface area contributed by atoms with E-state index in [0.29, 0.717) is 0 Å². The van der Waals surface area contributed by atoms with Crippen molar-refractivity contribution in [1.29, 1.82) is 0 Å². The Morgan fingerprint density at radius 3 is 2.62 bits per heavy atom. The van der Waals surface area contributed by atoms with Crippen molar-refractivity contribution in [2.24, 2.45) is 12.8 Å². The number of ether oxygens (including phenoxy) is 1. The second-order valence-corrected chi connectivity index (χ2v) is 5.83. The van der Waals surface area contributed by atoms with Crippen LogP contribution in [0.25, 0.3) is 0 Å². The molecule has 2 aromatic rings. The predicted molar refractivity (Wildman–Crippen MR) is 80.9 cm³/mol. The Balaban J connectivity index is 1.88. The molecule has 2 N–H and O–H groups in total. The molecule has 1 atom stereocenters. The Kier molecular flexibility index (Phi) is 4.03. The number of nitrogens with two attached hydrogens (primary N) is 1. The molecule has 21 heavy (non-hydrogen) atoms. The van der Waals surface area contributed by atoms with E-state index >= 15 is 0 Å². The number of aryl methyl sites for hydroxylation is 1. The molecular weight excluding hydrogens is 264 g/mol. The Morgan fingerprint density at radius 2 is 2.00 bits per heavy atom. The highest BCUT2D eigenvalue weighted by Crippen LogP contribution is 2.38. The molecule has 3 rings (SSSR count). The molecule has 5 heteroatoms. The van der Waals surface area contributed by atoms with Gasteiger partial charge in [-0.1, -0.05) is 35.5 Å². The van der Waals surface area contributed by atoms with Crippen LogP contribution in [0, 0.1) is 0 Å². The quantitative estimate of drug-likeness (QED) is 0.923. The summed E-state index contributed by atoms with van der Waals surface area (Å²) in [5.74, 6) is 0. The molecule has 1 aromatic heterocycles. The summed E-state index contributed by atoms with van der Waals surface area (Å²) in [5.41, 5.74) is 8.85. The van der Waals surface area contributed by atoms with Crippen molar-refractivity contribution in [2.75, 3.05) is 13.2 Å². The smallest absolute Gasteiger partial charge is 0.0842 e. The van der Waals surface area contributed by atoms with Gasteiger partial charge in [0.05, 0.1) is 5.69 Å². The van der Waals surface area contributed by atoms with E-state index in [2.05, 4.69) is 34.6 Å². The summed E-state index contributed by atoms with van der Waals surface area (Å²) in [6.45, 7) is 1.53. The number of benzene rings is 1. The van der Waals surface area contributed by atoms with Gasteiger partial charge >= 0.3 is 0 Å². The molecule has 0 aliphatic carbocycles. The van der Waals surface area contributed by atoms with E-state index in [1.165, 1.54) is 5.56 Å². The summed E-state index contributed by atoms with van der Waals surface area (Å²) < 4.78 is 7.29. The highest BCUT2D eigenvalue weighted by molar-refractivity contribution is 5.29. The van der Waals surface area contributed by atoms with Gasteiger partial charge in [0.25, 0.3) is 0 Å². The van der Waals surface area contributed by atoms with Crippen molar-refractivity contribution in [1.82, 2.24) is 15.0 Å². The minimum Gasteiger partial charge on any atom is -0.381 e. The van der Waals surface area contributed by atoms with Gasteiger partial charge in [-0.05, 0) is 18.4 Å². The molecule has 0 radical (unpaired) electrons. The van der Waals surface area contributed by atoms with E-state index in [4.69, 9.17) is 10.5 Å². The summed E-state index contributed by atoms with van der Waals surface area (Å²) in [7, 11) is 1.88. The lowest BCUT2D eigenvalue weighted by Gasteiger charge is -2.42. The van der Waals surface area contributed by atoms with Crippen LogP contribution < -0.4 is 5.73 Å². The fraction of sp³-hybridized carbons (Fsp3) is 0.500. The zero-order chi connectivity index (χ0) is 14.7. The van der Waals surface area contributed by atoms with E-state index in [1.807, 2.05) is 19.3 Å². The first-order valence-corrected chi connectivity index (χ1v) is 7.45. The highest BCUT2D eigenvalue weighted by Gasteiger charge is 2.40. The monoisotopic (exact) mass is 286 g/mol. The van der Waals surface area contributed by atoms with E-state index in [0.717, 1.165) is 38.2 Å². The number of aromatic nitrogens is 3. The Hall–Kier alpha value is -1.72. The standard InChI is InChI=1S/C16H22N4O/c1-20-12-14(18-19-20)11-15(17)16(7-9-21-10-8-16)13-5-3-2-4-6-13/h2-6,12,15H,7-11,17H2,1H3. The molecule has 0 spiro atoms. The highest BCUT2D eigenvalue weighted by atomic mass is 16.5. The number of hydrogen-bond donors (Lipinski definition) is 1. The predicted octanol–water partition coefficient (Wildman–Crippen LogP) is 1.43. The van der Waals surface area contributed by atoms with Gasteiger partial charge in [0.15, 0.2) is 0 Å². The van der Waals surface area contributed by atoms with Gasteiger partial charge in [-0.3, -0.25) is 4.68 Å². The lowest BCUT2D eigenvalue weighted by molar-refractivity contribution is 0.0399. The van der Waals surface area contributed by atoms with Crippen molar-refractivity contribution in [3.63, 3.8) is 0 Å². The van der Waals surface area contributed by atoms with Crippen LogP contribution in [0.2, 0.25) is 0 Å². The van der Waals surface area contributed by atoms with Gasteiger partial charge in [-0.15, -0.1) is 5.10 Å². The molecule has 1 saturated heterocycles. The summed E-state index contributed by atoms with van der Waals surface area (Å²) in [5, 5.41) is 8.17. The van der Waals surface area contributed by atoms with Gasteiger partial charge in [-0.2, -0.15) is 0 Å². The molecule has 1 unspecified atom stereocenters. The zero-order valence-electron chi connectivity index (χ0n) is 12.4. The third-order valence-corrected chi connectivity index (χ3v) is 4.52. The molecular formula is C16H22N4O. The molecule has 0 bridgehead atoms. The second kappa shape index (κ2) is 5.95. The van der Waals surface area contributed by atoms with Crippen LogP contribution in [0.5, 0.6) is 0 Å². The van der Waals surface area contributed by atoms with Gasteiger partial charge in [0.2, 0.25) is 0 Å². The molecule has 5 nitrogen and oxygen atoms in total. The molecule has 1 aliphatic rings. The van der Waals surface area contributed by atoms with Gasteiger partial charge in [0.1, 0.15) is 0 Å². The fourth-order valence-corrected chi connectivity index (χ4v) is 3.29. The van der Waals surface area contributed by atoms with Crippen LogP contribution in [0.15, 0.2) is 36.5 Å². The summed E-state index contributed by atoms with van der Waals surface area (Å²) in [6.07, 6.45) is 4.59. The average molecular weight is 286 g/mol. The van der Waals surface area contributed by atoms with Crippen molar-refractivity contribution < 1.29 is 4.74 Å². The van der Waals surface area contributed by atoms with Crippen LogP contribution in [0.4, 0.5) is 0 Å². The first kappa shape index (κ1) is 14.2. The molecule has 0 saturated carbocycles. The van der Waals surface area contributed by atoms with Gasteiger partial charge in [0, 0.05) is 44.3 Å². The van der Waals surface area contributed by atoms with Crippen molar-refractivity contribution >= 4 is 0 Å². The normalized spacial score (nSPS) is 19.3. The lowest BCUT2D eigenvalue weighted by Crippen LogP contribution is -2.50. The van der Waals surface area contributed by atoms with Crippen LogP contribution >= 0.6 is 0 Å². The summed E-state index contributed by atoms with van der Waals surface area (Å²) in [6, 6.07) is 10.6. The number of nitrogens with zero attached hydrogens (tertiary/aromatic N) is 3. The van der Waals surface area contributed by atoms with E-state index in [9.17, 15) is 0 Å². The number of hydrogen-bond acceptors (Lipinski definition) is 4. The van der Waals surface area contributed by atoms with Gasteiger partial charge < -0.3 is 10.5 Å². The van der Waals surface area contributed by atoms with Crippen LogP contribution in [-0.2, 0) is 23.6 Å². The van der Waals surface area contributed by atoms with E-state index in [1.54, 1.807) is 4.68 Å². The SMILES string of the molecule is Cn1cc(CC(N)C2(c3ccccc3)CCOCC2)nn1. The minimum atomic E-state index is -0.0307. The maximum atomic E-state index is 6.62. The topological polar surface area (TPSA) is 66.0 Å². The van der Waals surface area contributed by atoms with Crippen LogP contribution in [0.1, 0.15) is 24.1 Å². The third kappa shape index (κ3) is 2.84. The van der Waals surface area contributed by atoms with Crippen LogP contribution in [0.3, 0.4) is 0 Å². The molecule has 0 amide bonds. The molecule has 112 valence electrons. The zero-order valence-corrected chi connectivity index (χ0v) is 12.4. The van der Waals surface area contributed by atoms with Gasteiger partial charge in [-0.25, -0.2) is 0 Å². The fourth-order valence-electron chi connectivity index (χ4n) is 3.29.